The molecule has 0 heterocycles. The van der Waals surface area contributed by atoms with Gasteiger partial charge in [-0.1, -0.05) is 36.7 Å². The molecular formula is C17H20ClNO2. The van der Waals surface area contributed by atoms with Gasteiger partial charge in [0.1, 0.15) is 17.6 Å². The highest BCUT2D eigenvalue weighted by atomic mass is 35.5. The predicted octanol–water partition coefficient (Wildman–Crippen LogP) is 4.62. The largest absolute Gasteiger partial charge is 0.495 e. The van der Waals surface area contributed by atoms with Crippen molar-refractivity contribution in [2.45, 2.75) is 19.4 Å². The standard InChI is InChI=1S/C17H20ClNO2/c1-3-14(21-15-7-5-4-6-8-15)12-19-13-9-10-17(20-2)16(18)11-13/h4-11,14,19H,3,12H2,1-2H3. The molecule has 0 radical (unpaired) electrons. The van der Waals surface area contributed by atoms with E-state index in [0.717, 1.165) is 17.9 Å². The van der Waals surface area contributed by atoms with Gasteiger partial charge in [0.2, 0.25) is 0 Å². The molecule has 3 nitrogen and oxygen atoms in total. The summed E-state index contributed by atoms with van der Waals surface area (Å²) < 4.78 is 11.1. The van der Waals surface area contributed by atoms with Crippen molar-refractivity contribution >= 4 is 17.3 Å². The minimum absolute atomic E-state index is 0.105. The van der Waals surface area contributed by atoms with Gasteiger partial charge in [-0.25, -0.2) is 0 Å². The van der Waals surface area contributed by atoms with E-state index in [0.29, 0.717) is 17.3 Å². The molecule has 0 fully saturated rings. The molecule has 1 N–H and O–H groups in total. The van der Waals surface area contributed by atoms with Crippen LogP contribution in [0.5, 0.6) is 11.5 Å². The first-order valence-corrected chi connectivity index (χ1v) is 7.40. The molecule has 0 aliphatic rings. The number of para-hydroxylation sites is 1. The van der Waals surface area contributed by atoms with E-state index in [1.807, 2.05) is 48.5 Å². The third kappa shape index (κ3) is 4.57. The number of benzene rings is 2. The summed E-state index contributed by atoms with van der Waals surface area (Å²) in [5, 5.41) is 3.94. The lowest BCUT2D eigenvalue weighted by molar-refractivity contribution is 0.210. The Labute approximate surface area is 130 Å². The van der Waals surface area contributed by atoms with Crippen molar-refractivity contribution in [2.75, 3.05) is 19.0 Å². The molecular weight excluding hydrogens is 286 g/mol. The zero-order chi connectivity index (χ0) is 15.1. The number of nitrogens with one attached hydrogen (secondary N) is 1. The highest BCUT2D eigenvalue weighted by molar-refractivity contribution is 6.32. The van der Waals surface area contributed by atoms with Crippen LogP contribution in [0.2, 0.25) is 5.02 Å². The van der Waals surface area contributed by atoms with Gasteiger partial charge in [-0.3, -0.25) is 0 Å². The molecule has 1 atom stereocenters. The Morgan fingerprint density at radius 1 is 1.14 bits per heavy atom. The van der Waals surface area contributed by atoms with Gasteiger partial charge in [-0.05, 0) is 36.8 Å². The molecule has 0 amide bonds. The molecule has 2 aromatic carbocycles. The number of anilines is 1. The summed E-state index contributed by atoms with van der Waals surface area (Å²) in [6.45, 7) is 2.82. The normalized spacial score (nSPS) is 11.8. The second-order valence-corrected chi connectivity index (χ2v) is 5.10. The molecule has 21 heavy (non-hydrogen) atoms. The third-order valence-electron chi connectivity index (χ3n) is 3.19. The molecule has 112 valence electrons. The minimum Gasteiger partial charge on any atom is -0.495 e. The SMILES string of the molecule is CCC(CNc1ccc(OC)c(Cl)c1)Oc1ccccc1. The van der Waals surface area contributed by atoms with Crippen LogP contribution in [0.25, 0.3) is 0 Å². The average molecular weight is 306 g/mol. The van der Waals surface area contributed by atoms with Gasteiger partial charge < -0.3 is 14.8 Å². The van der Waals surface area contributed by atoms with Crippen LogP contribution in [0.4, 0.5) is 5.69 Å². The fourth-order valence-electron chi connectivity index (χ4n) is 1.97. The molecule has 0 bridgehead atoms. The van der Waals surface area contributed by atoms with E-state index >= 15 is 0 Å². The topological polar surface area (TPSA) is 30.5 Å². The van der Waals surface area contributed by atoms with Crippen LogP contribution in [0.3, 0.4) is 0 Å². The van der Waals surface area contributed by atoms with E-state index in [1.54, 1.807) is 7.11 Å². The summed E-state index contributed by atoms with van der Waals surface area (Å²) in [4.78, 5) is 0. The quantitative estimate of drug-likeness (QED) is 0.809. The van der Waals surface area contributed by atoms with Crippen molar-refractivity contribution in [2.24, 2.45) is 0 Å². The molecule has 1 unspecified atom stereocenters. The lowest BCUT2D eigenvalue weighted by Gasteiger charge is -2.19. The second-order valence-electron chi connectivity index (χ2n) is 4.69. The second kappa shape index (κ2) is 7.79. The lowest BCUT2D eigenvalue weighted by atomic mass is 10.2. The van der Waals surface area contributed by atoms with Crippen LogP contribution in [-0.2, 0) is 0 Å². The van der Waals surface area contributed by atoms with Crippen LogP contribution in [0.15, 0.2) is 48.5 Å². The summed E-state index contributed by atoms with van der Waals surface area (Å²) >= 11 is 6.11. The summed E-state index contributed by atoms with van der Waals surface area (Å²) in [6, 6.07) is 15.5. The van der Waals surface area contributed by atoms with Gasteiger partial charge in [-0.2, -0.15) is 0 Å². The summed E-state index contributed by atoms with van der Waals surface area (Å²) in [7, 11) is 1.61. The number of methoxy groups -OCH3 is 1. The number of rotatable bonds is 7. The van der Waals surface area contributed by atoms with E-state index in [9.17, 15) is 0 Å². The molecule has 2 aromatic rings. The van der Waals surface area contributed by atoms with Crippen molar-refractivity contribution in [3.8, 4) is 11.5 Å². The Morgan fingerprint density at radius 2 is 1.90 bits per heavy atom. The summed E-state index contributed by atoms with van der Waals surface area (Å²) in [5.41, 5.74) is 0.955. The van der Waals surface area contributed by atoms with Gasteiger partial charge in [0.15, 0.2) is 0 Å². The van der Waals surface area contributed by atoms with Crippen LogP contribution >= 0.6 is 11.6 Å². The maximum atomic E-state index is 6.11. The van der Waals surface area contributed by atoms with Crippen LogP contribution < -0.4 is 14.8 Å². The highest BCUT2D eigenvalue weighted by Gasteiger charge is 2.08. The lowest BCUT2D eigenvalue weighted by Crippen LogP contribution is -2.25. The maximum absolute atomic E-state index is 6.11. The van der Waals surface area contributed by atoms with Crippen LogP contribution in [-0.4, -0.2) is 19.8 Å². The van der Waals surface area contributed by atoms with Crippen LogP contribution in [0, 0.1) is 0 Å². The predicted molar refractivity (Wildman–Crippen MR) is 87.6 cm³/mol. The molecule has 0 spiro atoms. The summed E-state index contributed by atoms with van der Waals surface area (Å²) in [6.07, 6.45) is 1.03. The molecule has 0 saturated heterocycles. The van der Waals surface area contributed by atoms with Crippen molar-refractivity contribution < 1.29 is 9.47 Å². The Bertz CT molecular complexity index is 560. The Morgan fingerprint density at radius 3 is 2.52 bits per heavy atom. The van der Waals surface area contributed by atoms with E-state index in [1.165, 1.54) is 0 Å². The first-order valence-electron chi connectivity index (χ1n) is 7.02. The number of ether oxygens (including phenoxy) is 2. The zero-order valence-electron chi connectivity index (χ0n) is 12.3. The smallest absolute Gasteiger partial charge is 0.137 e. The zero-order valence-corrected chi connectivity index (χ0v) is 13.1. The van der Waals surface area contributed by atoms with Gasteiger partial charge in [0.25, 0.3) is 0 Å². The fourth-order valence-corrected chi connectivity index (χ4v) is 2.23. The van der Waals surface area contributed by atoms with Crippen molar-refractivity contribution in [3.63, 3.8) is 0 Å². The average Bonchev–Trinajstić information content (AvgIpc) is 2.52. The van der Waals surface area contributed by atoms with E-state index in [2.05, 4.69) is 12.2 Å². The molecule has 0 aliphatic heterocycles. The van der Waals surface area contributed by atoms with Crippen molar-refractivity contribution in [1.82, 2.24) is 0 Å². The monoisotopic (exact) mass is 305 g/mol. The van der Waals surface area contributed by atoms with Gasteiger partial charge in [0, 0.05) is 5.69 Å². The minimum atomic E-state index is 0.105. The van der Waals surface area contributed by atoms with E-state index in [-0.39, 0.29) is 6.10 Å². The Kier molecular flexibility index (Phi) is 5.76. The molecule has 0 aromatic heterocycles. The maximum Gasteiger partial charge on any atom is 0.137 e. The first-order chi connectivity index (χ1) is 10.2. The number of halogens is 1. The van der Waals surface area contributed by atoms with Crippen molar-refractivity contribution in [1.29, 1.82) is 0 Å². The van der Waals surface area contributed by atoms with E-state index < -0.39 is 0 Å². The third-order valence-corrected chi connectivity index (χ3v) is 3.48. The summed E-state index contributed by atoms with van der Waals surface area (Å²) in [5.74, 6) is 1.56. The Hall–Kier alpha value is -1.87. The van der Waals surface area contributed by atoms with Gasteiger partial charge in [-0.15, -0.1) is 0 Å². The number of hydrogen-bond acceptors (Lipinski definition) is 3. The van der Waals surface area contributed by atoms with Gasteiger partial charge in [0.05, 0.1) is 18.7 Å². The molecule has 4 heteroatoms. The molecule has 0 aliphatic carbocycles. The fraction of sp³-hybridized carbons (Fsp3) is 0.294. The Balaban J connectivity index is 1.92. The first kappa shape index (κ1) is 15.5. The molecule has 0 saturated carbocycles. The van der Waals surface area contributed by atoms with E-state index in [4.69, 9.17) is 21.1 Å². The molecule has 2 rings (SSSR count). The van der Waals surface area contributed by atoms with Gasteiger partial charge >= 0.3 is 0 Å². The van der Waals surface area contributed by atoms with Crippen LogP contribution in [0.1, 0.15) is 13.3 Å². The number of hydrogen-bond donors (Lipinski definition) is 1. The highest BCUT2D eigenvalue weighted by Crippen LogP contribution is 2.27. The van der Waals surface area contributed by atoms with Crippen molar-refractivity contribution in [3.05, 3.63) is 53.6 Å².